The van der Waals surface area contributed by atoms with E-state index < -0.39 is 0 Å². The number of nitrogens with one attached hydrogen (secondary N) is 1. The van der Waals surface area contributed by atoms with Gasteiger partial charge in [0.15, 0.2) is 0 Å². The van der Waals surface area contributed by atoms with Crippen LogP contribution in [0.2, 0.25) is 5.02 Å². The molecule has 3 heteroatoms. The van der Waals surface area contributed by atoms with Gasteiger partial charge in [-0.15, -0.1) is 0 Å². The maximum absolute atomic E-state index is 9.25. The van der Waals surface area contributed by atoms with Crippen molar-refractivity contribution in [2.75, 3.05) is 5.32 Å². The molecule has 0 aliphatic heterocycles. The molecule has 0 saturated heterocycles. The molecule has 2 nitrogen and oxygen atoms in total. The van der Waals surface area contributed by atoms with E-state index in [1.54, 1.807) is 12.1 Å². The van der Waals surface area contributed by atoms with Gasteiger partial charge in [0, 0.05) is 10.7 Å². The maximum atomic E-state index is 9.25. The number of phenols is 1. The third-order valence-electron chi connectivity index (χ3n) is 2.89. The highest BCUT2D eigenvalue weighted by Crippen LogP contribution is 2.24. The summed E-state index contributed by atoms with van der Waals surface area (Å²) in [4.78, 5) is 0. The lowest BCUT2D eigenvalue weighted by Crippen LogP contribution is -2.09. The molecule has 0 aliphatic carbocycles. The molecule has 0 spiro atoms. The first-order valence-electron chi connectivity index (χ1n) is 6.00. The van der Waals surface area contributed by atoms with E-state index in [4.69, 9.17) is 11.6 Å². The fraction of sp³-hybridized carbons (Fsp3) is 0.200. The highest BCUT2D eigenvalue weighted by atomic mass is 35.5. The van der Waals surface area contributed by atoms with E-state index in [9.17, 15) is 5.11 Å². The Morgan fingerprint density at radius 3 is 2.22 bits per heavy atom. The summed E-state index contributed by atoms with van der Waals surface area (Å²) in [6.45, 7) is 2.13. The fourth-order valence-corrected chi connectivity index (χ4v) is 2.00. The maximum Gasteiger partial charge on any atom is 0.115 e. The molecule has 1 unspecified atom stereocenters. The van der Waals surface area contributed by atoms with Crippen LogP contribution in [0, 0.1) is 0 Å². The summed E-state index contributed by atoms with van der Waals surface area (Å²) in [5.74, 6) is 0.278. The number of aromatic hydroxyl groups is 1. The molecule has 0 aliphatic rings. The zero-order valence-electron chi connectivity index (χ0n) is 10.2. The van der Waals surface area contributed by atoms with Crippen LogP contribution in [-0.4, -0.2) is 5.11 Å². The zero-order chi connectivity index (χ0) is 13.0. The quantitative estimate of drug-likeness (QED) is 0.788. The number of hydrogen-bond acceptors (Lipinski definition) is 2. The molecule has 2 rings (SSSR count). The summed E-state index contributed by atoms with van der Waals surface area (Å²) in [7, 11) is 0. The number of phenolic OH excluding ortho intramolecular Hbond substituents is 1. The standard InChI is InChI=1S/C15H16ClNO/c1-2-15(11-3-5-12(16)6-4-11)17-13-7-9-14(18)10-8-13/h3-10,15,17-18H,2H2,1H3. The zero-order valence-corrected chi connectivity index (χ0v) is 11.0. The van der Waals surface area contributed by atoms with Gasteiger partial charge in [-0.1, -0.05) is 30.7 Å². The van der Waals surface area contributed by atoms with Crippen molar-refractivity contribution in [2.24, 2.45) is 0 Å². The van der Waals surface area contributed by atoms with Crippen molar-refractivity contribution >= 4 is 17.3 Å². The average molecular weight is 262 g/mol. The van der Waals surface area contributed by atoms with Crippen LogP contribution in [-0.2, 0) is 0 Å². The Labute approximate surface area is 112 Å². The Kier molecular flexibility index (Phi) is 4.11. The summed E-state index contributed by atoms with van der Waals surface area (Å²) in [6.07, 6.45) is 0.975. The highest BCUT2D eigenvalue weighted by molar-refractivity contribution is 6.30. The monoisotopic (exact) mass is 261 g/mol. The van der Waals surface area contributed by atoms with Crippen molar-refractivity contribution in [1.29, 1.82) is 0 Å². The van der Waals surface area contributed by atoms with Gasteiger partial charge in [-0.25, -0.2) is 0 Å². The van der Waals surface area contributed by atoms with Crippen molar-refractivity contribution in [2.45, 2.75) is 19.4 Å². The van der Waals surface area contributed by atoms with Gasteiger partial charge >= 0.3 is 0 Å². The number of hydrogen-bond donors (Lipinski definition) is 2. The summed E-state index contributed by atoms with van der Waals surface area (Å²) in [6, 6.07) is 15.2. The van der Waals surface area contributed by atoms with Gasteiger partial charge in [-0.2, -0.15) is 0 Å². The first-order chi connectivity index (χ1) is 8.69. The third-order valence-corrected chi connectivity index (χ3v) is 3.14. The summed E-state index contributed by atoms with van der Waals surface area (Å²) >= 11 is 5.89. The van der Waals surface area contributed by atoms with Crippen LogP contribution in [0.15, 0.2) is 48.5 Å². The minimum atomic E-state index is 0.242. The molecule has 0 bridgehead atoms. The molecule has 2 aromatic rings. The number of benzene rings is 2. The fourth-order valence-electron chi connectivity index (χ4n) is 1.88. The summed E-state index contributed by atoms with van der Waals surface area (Å²) in [5.41, 5.74) is 2.20. The lowest BCUT2D eigenvalue weighted by molar-refractivity contribution is 0.475. The second kappa shape index (κ2) is 5.78. The number of rotatable bonds is 4. The van der Waals surface area contributed by atoms with E-state index in [0.29, 0.717) is 0 Å². The second-order valence-electron chi connectivity index (χ2n) is 4.20. The van der Waals surface area contributed by atoms with Crippen molar-refractivity contribution in [3.63, 3.8) is 0 Å². The first-order valence-corrected chi connectivity index (χ1v) is 6.38. The van der Waals surface area contributed by atoms with E-state index in [2.05, 4.69) is 12.2 Å². The molecule has 0 fully saturated rings. The van der Waals surface area contributed by atoms with Crippen LogP contribution in [0.25, 0.3) is 0 Å². The van der Waals surface area contributed by atoms with Gasteiger partial charge in [-0.05, 0) is 48.4 Å². The molecule has 0 radical (unpaired) electrons. The number of anilines is 1. The minimum Gasteiger partial charge on any atom is -0.508 e. The molecule has 18 heavy (non-hydrogen) atoms. The Bertz CT molecular complexity index is 493. The largest absolute Gasteiger partial charge is 0.508 e. The van der Waals surface area contributed by atoms with Crippen LogP contribution in [0.3, 0.4) is 0 Å². The van der Waals surface area contributed by atoms with Crippen LogP contribution >= 0.6 is 11.6 Å². The van der Waals surface area contributed by atoms with Crippen molar-refractivity contribution in [3.05, 3.63) is 59.1 Å². The topological polar surface area (TPSA) is 32.3 Å². The SMILES string of the molecule is CCC(Nc1ccc(O)cc1)c1ccc(Cl)cc1. The van der Waals surface area contributed by atoms with E-state index in [-0.39, 0.29) is 11.8 Å². The summed E-state index contributed by atoms with van der Waals surface area (Å²) in [5, 5.41) is 13.4. The van der Waals surface area contributed by atoms with Crippen LogP contribution < -0.4 is 5.32 Å². The van der Waals surface area contributed by atoms with Gasteiger partial charge in [0.25, 0.3) is 0 Å². The molecule has 0 aromatic heterocycles. The van der Waals surface area contributed by atoms with E-state index >= 15 is 0 Å². The Morgan fingerprint density at radius 2 is 1.67 bits per heavy atom. The van der Waals surface area contributed by atoms with Gasteiger partial charge in [0.05, 0.1) is 6.04 Å². The van der Waals surface area contributed by atoms with E-state index in [0.717, 1.165) is 17.1 Å². The third kappa shape index (κ3) is 3.17. The van der Waals surface area contributed by atoms with Crippen molar-refractivity contribution < 1.29 is 5.11 Å². The Balaban J connectivity index is 2.14. The van der Waals surface area contributed by atoms with Gasteiger partial charge in [0.1, 0.15) is 5.75 Å². The van der Waals surface area contributed by atoms with Gasteiger partial charge in [0.2, 0.25) is 0 Å². The van der Waals surface area contributed by atoms with E-state index in [1.807, 2.05) is 36.4 Å². The Morgan fingerprint density at radius 1 is 1.06 bits per heavy atom. The molecule has 0 heterocycles. The van der Waals surface area contributed by atoms with Crippen molar-refractivity contribution in [3.8, 4) is 5.75 Å². The van der Waals surface area contributed by atoms with Gasteiger partial charge in [-0.3, -0.25) is 0 Å². The normalized spacial score (nSPS) is 12.1. The van der Waals surface area contributed by atoms with Crippen LogP contribution in [0.5, 0.6) is 5.75 Å². The highest BCUT2D eigenvalue weighted by Gasteiger charge is 2.08. The average Bonchev–Trinajstić information content (AvgIpc) is 2.39. The molecule has 1 atom stereocenters. The molecule has 2 aromatic carbocycles. The molecule has 2 N–H and O–H groups in total. The predicted molar refractivity (Wildman–Crippen MR) is 76.2 cm³/mol. The van der Waals surface area contributed by atoms with Crippen LogP contribution in [0.1, 0.15) is 24.9 Å². The lowest BCUT2D eigenvalue weighted by Gasteiger charge is -2.19. The van der Waals surface area contributed by atoms with E-state index in [1.165, 1.54) is 5.56 Å². The first kappa shape index (κ1) is 12.8. The lowest BCUT2D eigenvalue weighted by atomic mass is 10.0. The summed E-state index contributed by atoms with van der Waals surface area (Å²) < 4.78 is 0. The molecule has 94 valence electrons. The molecule has 0 amide bonds. The molecular weight excluding hydrogens is 246 g/mol. The molecule has 0 saturated carbocycles. The minimum absolute atomic E-state index is 0.242. The number of halogens is 1. The molecular formula is C15H16ClNO. The Hall–Kier alpha value is -1.67. The predicted octanol–water partition coefficient (Wildman–Crippen LogP) is 4.61. The second-order valence-corrected chi connectivity index (χ2v) is 4.64. The van der Waals surface area contributed by atoms with Gasteiger partial charge < -0.3 is 10.4 Å². The smallest absolute Gasteiger partial charge is 0.115 e. The van der Waals surface area contributed by atoms with Crippen LogP contribution in [0.4, 0.5) is 5.69 Å². The van der Waals surface area contributed by atoms with Crippen molar-refractivity contribution in [1.82, 2.24) is 0 Å².